The van der Waals surface area contributed by atoms with Gasteiger partial charge in [-0.05, 0) is 43.7 Å². The molecule has 0 fully saturated rings. The van der Waals surface area contributed by atoms with Gasteiger partial charge in [-0.15, -0.1) is 5.10 Å². The molecule has 0 spiro atoms. The monoisotopic (exact) mass is 402 g/mol. The van der Waals surface area contributed by atoms with Gasteiger partial charge in [-0.3, -0.25) is 0 Å². The van der Waals surface area contributed by atoms with E-state index in [0.29, 0.717) is 29.9 Å². The van der Waals surface area contributed by atoms with E-state index in [1.807, 2.05) is 45.0 Å². The topological polar surface area (TPSA) is 78.3 Å². The normalized spacial score (nSPS) is 15.8. The maximum Gasteiger partial charge on any atom is 0.338 e. The van der Waals surface area contributed by atoms with Crippen molar-refractivity contribution in [1.82, 2.24) is 14.8 Å². The molecule has 1 N–H and O–H groups in total. The largest absolute Gasteiger partial charge is 0.494 e. The molecule has 1 aliphatic heterocycles. The molecule has 1 aliphatic rings. The summed E-state index contributed by atoms with van der Waals surface area (Å²) >= 11 is 1.56. The first-order valence-corrected chi connectivity index (χ1v) is 10.5. The first-order chi connectivity index (χ1) is 13.6. The highest BCUT2D eigenvalue weighted by molar-refractivity contribution is 7.99. The predicted octanol–water partition coefficient (Wildman–Crippen LogP) is 4.03. The average molecular weight is 403 g/mol. The Kier molecular flexibility index (Phi) is 6.61. The molecule has 3 rings (SSSR count). The van der Waals surface area contributed by atoms with E-state index in [9.17, 15) is 4.79 Å². The van der Waals surface area contributed by atoms with Crippen LogP contribution in [0.25, 0.3) is 0 Å². The number of thioether (sulfide) groups is 1. The summed E-state index contributed by atoms with van der Waals surface area (Å²) in [5.41, 5.74) is 2.20. The zero-order chi connectivity index (χ0) is 20.1. The molecule has 0 saturated carbocycles. The van der Waals surface area contributed by atoms with Crippen molar-refractivity contribution in [1.29, 1.82) is 0 Å². The number of rotatable bonds is 8. The van der Waals surface area contributed by atoms with Crippen molar-refractivity contribution in [3.05, 3.63) is 41.1 Å². The van der Waals surface area contributed by atoms with Crippen LogP contribution in [0.2, 0.25) is 0 Å². The highest BCUT2D eigenvalue weighted by Crippen LogP contribution is 2.37. The fraction of sp³-hybridized carbons (Fsp3) is 0.450. The standard InChI is InChI=1S/C20H26N4O3S/c1-5-12-27-18(25)16-13(4)21-19-22-20(28-7-3)23-24(19)17(16)14-8-10-15(11-9-14)26-6-2/h8-11,17H,5-7,12H2,1-4H3,(H,21,22,23). The summed E-state index contributed by atoms with van der Waals surface area (Å²) in [6.07, 6.45) is 0.769. The zero-order valence-corrected chi connectivity index (χ0v) is 17.5. The fourth-order valence-corrected chi connectivity index (χ4v) is 3.63. The number of esters is 1. The molecule has 0 bridgehead atoms. The van der Waals surface area contributed by atoms with Crippen molar-refractivity contribution in [2.75, 3.05) is 24.3 Å². The van der Waals surface area contributed by atoms with Crippen LogP contribution < -0.4 is 10.1 Å². The quantitative estimate of drug-likeness (QED) is 0.527. The smallest absolute Gasteiger partial charge is 0.338 e. The maximum absolute atomic E-state index is 12.9. The Balaban J connectivity index is 2.05. The summed E-state index contributed by atoms with van der Waals surface area (Å²) in [6.45, 7) is 8.83. The number of aromatic nitrogens is 3. The van der Waals surface area contributed by atoms with Gasteiger partial charge in [0.05, 0.1) is 18.8 Å². The zero-order valence-electron chi connectivity index (χ0n) is 16.7. The fourth-order valence-electron chi connectivity index (χ4n) is 3.08. The molecule has 2 aromatic rings. The molecule has 0 saturated heterocycles. The van der Waals surface area contributed by atoms with Gasteiger partial charge in [-0.1, -0.05) is 37.7 Å². The molecule has 8 heteroatoms. The Hall–Kier alpha value is -2.48. The molecular weight excluding hydrogens is 376 g/mol. The molecule has 2 heterocycles. The summed E-state index contributed by atoms with van der Waals surface area (Å²) < 4.78 is 12.8. The molecule has 150 valence electrons. The number of benzene rings is 1. The number of nitrogens with zero attached hydrogens (tertiary/aromatic N) is 3. The Bertz CT molecular complexity index is 861. The first-order valence-electron chi connectivity index (χ1n) is 9.56. The summed E-state index contributed by atoms with van der Waals surface area (Å²) in [4.78, 5) is 17.4. The third kappa shape index (κ3) is 4.16. The van der Waals surface area contributed by atoms with Gasteiger partial charge >= 0.3 is 5.97 Å². The molecular formula is C20H26N4O3S. The van der Waals surface area contributed by atoms with Crippen molar-refractivity contribution in [3.8, 4) is 5.75 Å². The lowest BCUT2D eigenvalue weighted by Gasteiger charge is -2.28. The molecule has 0 amide bonds. The summed E-state index contributed by atoms with van der Waals surface area (Å²) in [6, 6.07) is 7.32. The number of hydrogen-bond donors (Lipinski definition) is 1. The third-order valence-electron chi connectivity index (χ3n) is 4.27. The van der Waals surface area contributed by atoms with Gasteiger partial charge in [-0.25, -0.2) is 9.48 Å². The lowest BCUT2D eigenvalue weighted by atomic mass is 9.96. The van der Waals surface area contributed by atoms with E-state index >= 15 is 0 Å². The van der Waals surface area contributed by atoms with E-state index < -0.39 is 6.04 Å². The minimum atomic E-state index is -0.407. The van der Waals surface area contributed by atoms with Gasteiger partial charge in [-0.2, -0.15) is 4.98 Å². The van der Waals surface area contributed by atoms with Crippen LogP contribution in [0, 0.1) is 0 Å². The lowest BCUT2D eigenvalue weighted by molar-refractivity contribution is -0.139. The van der Waals surface area contributed by atoms with Crippen molar-refractivity contribution < 1.29 is 14.3 Å². The Morgan fingerprint density at radius 1 is 1.25 bits per heavy atom. The number of carbonyl (C=O) groups is 1. The second kappa shape index (κ2) is 9.14. The number of hydrogen-bond acceptors (Lipinski definition) is 7. The summed E-state index contributed by atoms with van der Waals surface area (Å²) in [5.74, 6) is 1.95. The van der Waals surface area contributed by atoms with E-state index in [2.05, 4.69) is 22.3 Å². The number of ether oxygens (including phenoxy) is 2. The molecule has 7 nitrogen and oxygen atoms in total. The van der Waals surface area contributed by atoms with Crippen molar-refractivity contribution in [2.24, 2.45) is 0 Å². The molecule has 1 aromatic heterocycles. The van der Waals surface area contributed by atoms with Crippen LogP contribution in [-0.4, -0.2) is 39.7 Å². The number of allylic oxidation sites excluding steroid dienone is 1. The van der Waals surface area contributed by atoms with Crippen molar-refractivity contribution in [3.63, 3.8) is 0 Å². The maximum atomic E-state index is 12.9. The molecule has 0 aliphatic carbocycles. The van der Waals surface area contributed by atoms with Crippen molar-refractivity contribution in [2.45, 2.75) is 45.3 Å². The number of fused-ring (bicyclic) bond motifs is 1. The molecule has 1 atom stereocenters. The van der Waals surface area contributed by atoms with Gasteiger partial charge in [0.15, 0.2) is 0 Å². The van der Waals surface area contributed by atoms with E-state index in [1.165, 1.54) is 0 Å². The van der Waals surface area contributed by atoms with Gasteiger partial charge in [0.2, 0.25) is 11.1 Å². The molecule has 0 radical (unpaired) electrons. The van der Waals surface area contributed by atoms with Crippen LogP contribution >= 0.6 is 11.8 Å². The second-order valence-electron chi connectivity index (χ2n) is 6.30. The van der Waals surface area contributed by atoms with Gasteiger partial charge < -0.3 is 14.8 Å². The summed E-state index contributed by atoms with van der Waals surface area (Å²) in [5, 5.41) is 8.52. The Morgan fingerprint density at radius 2 is 2.00 bits per heavy atom. The Labute approximate surface area is 169 Å². The highest BCUT2D eigenvalue weighted by atomic mass is 32.2. The van der Waals surface area contributed by atoms with E-state index in [1.54, 1.807) is 16.4 Å². The van der Waals surface area contributed by atoms with Gasteiger partial charge in [0, 0.05) is 5.70 Å². The van der Waals surface area contributed by atoms with Crippen LogP contribution in [0.15, 0.2) is 40.7 Å². The van der Waals surface area contributed by atoms with E-state index in [0.717, 1.165) is 29.2 Å². The van der Waals surface area contributed by atoms with Gasteiger partial charge in [0.1, 0.15) is 11.8 Å². The van der Waals surface area contributed by atoms with Gasteiger partial charge in [0.25, 0.3) is 0 Å². The van der Waals surface area contributed by atoms with Crippen LogP contribution in [0.4, 0.5) is 5.95 Å². The minimum Gasteiger partial charge on any atom is -0.494 e. The number of carbonyl (C=O) groups excluding carboxylic acids is 1. The molecule has 1 aromatic carbocycles. The van der Waals surface area contributed by atoms with Crippen LogP contribution in [0.3, 0.4) is 0 Å². The summed E-state index contributed by atoms with van der Waals surface area (Å²) in [7, 11) is 0. The number of nitrogens with one attached hydrogen (secondary N) is 1. The third-order valence-corrected chi connectivity index (χ3v) is 4.99. The number of anilines is 1. The van der Waals surface area contributed by atoms with E-state index in [4.69, 9.17) is 9.47 Å². The SMILES string of the molecule is CCCOC(=O)C1=C(C)Nc2nc(SCC)nn2C1c1ccc(OCC)cc1. The van der Waals surface area contributed by atoms with Crippen LogP contribution in [-0.2, 0) is 9.53 Å². The highest BCUT2D eigenvalue weighted by Gasteiger charge is 2.35. The second-order valence-corrected chi connectivity index (χ2v) is 7.53. The molecule has 1 unspecified atom stereocenters. The predicted molar refractivity (Wildman–Crippen MR) is 110 cm³/mol. The average Bonchev–Trinajstić information content (AvgIpc) is 3.08. The molecule has 28 heavy (non-hydrogen) atoms. The first kappa shape index (κ1) is 20.3. The lowest BCUT2D eigenvalue weighted by Crippen LogP contribution is -2.29. The minimum absolute atomic E-state index is 0.337. The van der Waals surface area contributed by atoms with Crippen LogP contribution in [0.1, 0.15) is 45.7 Å². The van der Waals surface area contributed by atoms with E-state index in [-0.39, 0.29) is 5.97 Å². The Morgan fingerprint density at radius 3 is 2.64 bits per heavy atom. The van der Waals surface area contributed by atoms with Crippen LogP contribution in [0.5, 0.6) is 5.75 Å². The van der Waals surface area contributed by atoms with Crippen molar-refractivity contribution >= 4 is 23.7 Å².